The Kier molecular flexibility index (Phi) is 64.9. The molecule has 4 heteroatoms. The maximum atomic E-state index is 7.08. The predicted molar refractivity (Wildman–Crippen MR) is 11.5 cm³/mol. The summed E-state index contributed by atoms with van der Waals surface area (Å²) in [6.07, 6.45) is 0. The molecule has 0 spiro atoms. The van der Waals surface area contributed by atoms with Gasteiger partial charge >= 0.3 is 29.6 Å². The Bertz CT molecular complexity index is 31.1. The van der Waals surface area contributed by atoms with E-state index < -0.39 is 0 Å². The Labute approximate surface area is 64.0 Å². The molecule has 24 valence electrons. The minimum absolute atomic E-state index is 0. The van der Waals surface area contributed by atoms with Crippen LogP contribution >= 0.6 is 11.6 Å². The van der Waals surface area contributed by atoms with Crippen LogP contribution in [0.4, 0.5) is 0 Å². The van der Waals surface area contributed by atoms with Crippen molar-refractivity contribution in [2.75, 3.05) is 0 Å². The van der Waals surface area contributed by atoms with Crippen LogP contribution in [0.5, 0.6) is 0 Å². The van der Waals surface area contributed by atoms with E-state index in [1.807, 2.05) is 0 Å². The molecule has 0 unspecified atom stereocenters. The SMILES string of the molecule is N#CCl.[Cl-].[Na+]. The van der Waals surface area contributed by atoms with Gasteiger partial charge in [0, 0.05) is 11.6 Å². The van der Waals surface area contributed by atoms with Crippen LogP contribution in [0, 0.1) is 10.8 Å². The molecule has 0 aromatic heterocycles. The summed E-state index contributed by atoms with van der Waals surface area (Å²) in [4.78, 5) is 0. The molecule has 0 radical (unpaired) electrons. The zero-order chi connectivity index (χ0) is 2.71. The van der Waals surface area contributed by atoms with Crippen molar-refractivity contribution < 1.29 is 42.0 Å². The summed E-state index contributed by atoms with van der Waals surface area (Å²) >= 11 is 4.30. The Morgan fingerprint density at radius 3 is 1.60 bits per heavy atom. The molecule has 0 atom stereocenters. The molecule has 0 saturated carbocycles. The zero-order valence-electron chi connectivity index (χ0n) is 2.70. The van der Waals surface area contributed by atoms with Gasteiger partial charge in [-0.15, -0.1) is 0 Å². The zero-order valence-corrected chi connectivity index (χ0v) is 6.22. The Balaban J connectivity index is -0.0000000200. The van der Waals surface area contributed by atoms with E-state index in [9.17, 15) is 0 Å². The first kappa shape index (κ1) is 16.6. The van der Waals surface area contributed by atoms with E-state index in [1.54, 1.807) is 0 Å². The summed E-state index contributed by atoms with van der Waals surface area (Å²) in [6, 6.07) is 0. The standard InChI is InChI=1S/CClN.ClH.Na/c2-1-3;;/h;1H;/q;;+1/p-1. The van der Waals surface area contributed by atoms with Crippen LogP contribution in [0.3, 0.4) is 0 Å². The molecular formula is CCl2NNa. The smallest absolute Gasteiger partial charge is 1.00 e. The van der Waals surface area contributed by atoms with Crippen molar-refractivity contribution in [1.82, 2.24) is 0 Å². The summed E-state index contributed by atoms with van der Waals surface area (Å²) in [7, 11) is 0. The number of hydrogen-bond acceptors (Lipinski definition) is 1. The first-order valence-electron chi connectivity index (χ1n) is 0.413. The molecule has 0 aliphatic carbocycles. The minimum Gasteiger partial charge on any atom is -1.00 e. The van der Waals surface area contributed by atoms with Crippen molar-refractivity contribution in [3.8, 4) is 5.53 Å². The van der Waals surface area contributed by atoms with Gasteiger partial charge in [-0.1, -0.05) is 0 Å². The van der Waals surface area contributed by atoms with Crippen LogP contribution in [0.15, 0.2) is 0 Å². The molecular weight excluding hydrogens is 120 g/mol. The first-order chi connectivity index (χ1) is 1.41. The summed E-state index contributed by atoms with van der Waals surface area (Å²) in [5, 5.41) is 7.08. The van der Waals surface area contributed by atoms with Crippen LogP contribution in [0.1, 0.15) is 0 Å². The van der Waals surface area contributed by atoms with E-state index in [4.69, 9.17) is 5.26 Å². The van der Waals surface area contributed by atoms with E-state index in [-0.39, 0.29) is 42.0 Å². The van der Waals surface area contributed by atoms with Gasteiger partial charge in [0.2, 0.25) is 0 Å². The third kappa shape index (κ3) is 41.7. The molecule has 0 aliphatic rings. The van der Waals surface area contributed by atoms with Gasteiger partial charge in [0.25, 0.3) is 0 Å². The van der Waals surface area contributed by atoms with Gasteiger partial charge in [0.1, 0.15) is 0 Å². The molecule has 0 amide bonds. The summed E-state index contributed by atoms with van der Waals surface area (Å²) < 4.78 is 0. The molecule has 0 aromatic carbocycles. The van der Waals surface area contributed by atoms with Crippen molar-refractivity contribution in [1.29, 1.82) is 5.26 Å². The van der Waals surface area contributed by atoms with Gasteiger partial charge in [-0.2, -0.15) is 5.26 Å². The second-order valence-electron chi connectivity index (χ2n) is 0.0845. The Morgan fingerprint density at radius 1 is 1.60 bits per heavy atom. The van der Waals surface area contributed by atoms with Crippen LogP contribution in [-0.2, 0) is 0 Å². The fourth-order valence-corrected chi connectivity index (χ4v) is 0. The molecule has 0 rings (SSSR count). The first-order valence-corrected chi connectivity index (χ1v) is 0.791. The minimum atomic E-state index is 0. The summed E-state index contributed by atoms with van der Waals surface area (Å²) in [5.74, 6) is 0. The fraction of sp³-hybridized carbons (Fsp3) is 0. The van der Waals surface area contributed by atoms with Crippen molar-refractivity contribution in [2.24, 2.45) is 0 Å². The largest absolute Gasteiger partial charge is 1.00 e. The van der Waals surface area contributed by atoms with Crippen LogP contribution in [0.25, 0.3) is 0 Å². The monoisotopic (exact) mass is 119 g/mol. The molecule has 0 saturated heterocycles. The van der Waals surface area contributed by atoms with Gasteiger partial charge < -0.3 is 12.4 Å². The van der Waals surface area contributed by atoms with E-state index in [0.717, 1.165) is 0 Å². The Morgan fingerprint density at radius 2 is 1.60 bits per heavy atom. The molecule has 0 fully saturated rings. The van der Waals surface area contributed by atoms with E-state index in [0.29, 0.717) is 0 Å². The maximum Gasteiger partial charge on any atom is 1.00 e. The molecule has 0 aromatic rings. The summed E-state index contributed by atoms with van der Waals surface area (Å²) in [6.45, 7) is 0. The molecule has 1 nitrogen and oxygen atoms in total. The van der Waals surface area contributed by atoms with E-state index in [2.05, 4.69) is 11.6 Å². The third-order valence-electron chi connectivity index (χ3n) is 0. The van der Waals surface area contributed by atoms with Gasteiger partial charge in [-0.3, -0.25) is 0 Å². The maximum absolute atomic E-state index is 7.08. The van der Waals surface area contributed by atoms with Crippen molar-refractivity contribution in [3.05, 3.63) is 0 Å². The van der Waals surface area contributed by atoms with E-state index >= 15 is 0 Å². The normalized spacial score (nSPS) is 1.60. The second kappa shape index (κ2) is 19.6. The van der Waals surface area contributed by atoms with Crippen LogP contribution in [0.2, 0.25) is 0 Å². The van der Waals surface area contributed by atoms with E-state index in [1.165, 1.54) is 5.53 Å². The average molecular weight is 120 g/mol. The van der Waals surface area contributed by atoms with Crippen molar-refractivity contribution >= 4 is 11.6 Å². The fourth-order valence-electron chi connectivity index (χ4n) is 0. The summed E-state index contributed by atoms with van der Waals surface area (Å²) in [5.41, 5.74) is 1.22. The van der Waals surface area contributed by atoms with Gasteiger partial charge in [0.15, 0.2) is 5.53 Å². The molecule has 0 N–H and O–H groups in total. The Hall–Kier alpha value is 1.07. The number of nitrogens with zero attached hydrogens (tertiary/aromatic N) is 1. The van der Waals surface area contributed by atoms with Crippen molar-refractivity contribution in [2.45, 2.75) is 0 Å². The molecule has 0 aliphatic heterocycles. The third-order valence-corrected chi connectivity index (χ3v) is 0. The number of nitriles is 1. The number of halogens is 2. The topological polar surface area (TPSA) is 23.8 Å². The molecule has 5 heavy (non-hydrogen) atoms. The second-order valence-corrected chi connectivity index (χ2v) is 0.254. The molecule has 0 heterocycles. The van der Waals surface area contributed by atoms with Gasteiger partial charge in [-0.05, 0) is 0 Å². The van der Waals surface area contributed by atoms with Gasteiger partial charge in [-0.25, -0.2) is 0 Å². The number of hydrogen-bond donors (Lipinski definition) is 0. The van der Waals surface area contributed by atoms with Crippen LogP contribution in [-0.4, -0.2) is 0 Å². The molecule has 0 bridgehead atoms. The average Bonchev–Trinajstić information content (AvgIpc) is 0.918. The van der Waals surface area contributed by atoms with Gasteiger partial charge in [0.05, 0.1) is 0 Å². The van der Waals surface area contributed by atoms with Crippen molar-refractivity contribution in [3.63, 3.8) is 0 Å². The predicted octanol–water partition coefficient (Wildman–Crippen LogP) is -5.29. The number of rotatable bonds is 0. The quantitative estimate of drug-likeness (QED) is 0.293. The van der Waals surface area contributed by atoms with Crippen LogP contribution < -0.4 is 42.0 Å².